The molecule has 2 aromatic rings. The first kappa shape index (κ1) is 28.5. The van der Waals surface area contributed by atoms with Gasteiger partial charge in [0.1, 0.15) is 10.6 Å². The van der Waals surface area contributed by atoms with Crippen LogP contribution in [0, 0.1) is 13.8 Å². The van der Waals surface area contributed by atoms with E-state index >= 15 is 0 Å². The number of rotatable bonds is 9. The van der Waals surface area contributed by atoms with E-state index in [2.05, 4.69) is 19.5 Å². The number of azo groups is 1. The fourth-order valence-electron chi connectivity index (χ4n) is 3.40. The predicted molar refractivity (Wildman–Crippen MR) is 131 cm³/mol. The summed E-state index contributed by atoms with van der Waals surface area (Å²) in [7, 11) is -13.4. The molecule has 14 nitrogen and oxygen atoms in total. The third-order valence-corrected chi connectivity index (χ3v) is 8.11. The number of carbonyl (C=O) groups excluding carboxylic acids is 1. The fraction of sp³-hybridized carbons (Fsp3) is 0.300. The van der Waals surface area contributed by atoms with Crippen LogP contribution >= 0.6 is 0 Å². The van der Waals surface area contributed by atoms with Crippen molar-refractivity contribution in [3.8, 4) is 0 Å². The number of hydrazone groups is 1. The zero-order valence-electron chi connectivity index (χ0n) is 19.6. The maximum atomic E-state index is 13.0. The molecule has 3 rings (SSSR count). The van der Waals surface area contributed by atoms with Gasteiger partial charge in [-0.25, -0.2) is 12.6 Å². The van der Waals surface area contributed by atoms with Crippen molar-refractivity contribution in [3.05, 3.63) is 47.5 Å². The van der Waals surface area contributed by atoms with Crippen LogP contribution in [0.2, 0.25) is 0 Å². The number of anilines is 1. The normalized spacial score (nSPS) is 17.0. The van der Waals surface area contributed by atoms with Gasteiger partial charge in [0, 0.05) is 0 Å². The summed E-state index contributed by atoms with van der Waals surface area (Å²) in [5.74, 6) is -1.37. The van der Waals surface area contributed by atoms with Crippen molar-refractivity contribution in [1.29, 1.82) is 0 Å². The van der Waals surface area contributed by atoms with E-state index in [1.54, 1.807) is 19.9 Å². The Morgan fingerprint density at radius 2 is 1.62 bits per heavy atom. The summed E-state index contributed by atoms with van der Waals surface area (Å²) < 4.78 is 91.5. The van der Waals surface area contributed by atoms with Crippen LogP contribution in [0.25, 0.3) is 0 Å². The lowest BCUT2D eigenvalue weighted by molar-refractivity contribution is -0.117. The van der Waals surface area contributed by atoms with Gasteiger partial charge in [-0.2, -0.15) is 37.2 Å². The molecule has 2 aromatic carbocycles. The highest BCUT2D eigenvalue weighted by Gasteiger charge is 2.35. The average molecular weight is 575 g/mol. The molecule has 1 atom stereocenters. The molecule has 0 aromatic heterocycles. The Morgan fingerprint density at radius 3 is 2.19 bits per heavy atom. The molecule has 1 aliphatic rings. The SMILES string of the molecule is CC1=NN(c2ccc(S(=O)(=O)CCOS(=O)(=O)O)cc2)C(=O)C1N=Nc1c(C)cc(C)cc1S(=O)(=O)O. The lowest BCUT2D eigenvalue weighted by Gasteiger charge is -2.13. The average Bonchev–Trinajstić information content (AvgIpc) is 3.04. The predicted octanol–water partition coefficient (Wildman–Crippen LogP) is 2.02. The standard InChI is InChI=1S/C20H22N4O10S3/c1-12-10-13(2)18(17(11-12)36(28,29)30)21-22-19-14(3)23-24(20(19)25)15-4-6-16(7-5-15)35(26,27)9-8-34-37(31,32)33/h4-7,10-11,19H,8-9H2,1-3H3,(H,28,29,30)(H,31,32,33). The number of hydrogen-bond donors (Lipinski definition) is 2. The fourth-order valence-corrected chi connectivity index (χ4v) is 5.67. The van der Waals surface area contributed by atoms with Gasteiger partial charge in [-0.1, -0.05) is 6.07 Å². The van der Waals surface area contributed by atoms with E-state index in [1.807, 2.05) is 0 Å². The molecule has 1 amide bonds. The maximum Gasteiger partial charge on any atom is 0.397 e. The second kappa shape index (κ2) is 10.3. The van der Waals surface area contributed by atoms with E-state index < -0.39 is 59.6 Å². The Kier molecular flexibility index (Phi) is 7.96. The van der Waals surface area contributed by atoms with E-state index in [0.717, 1.165) is 5.01 Å². The van der Waals surface area contributed by atoms with Crippen molar-refractivity contribution in [2.75, 3.05) is 17.4 Å². The molecular formula is C20H22N4O10S3. The summed E-state index contributed by atoms with van der Waals surface area (Å²) in [6.45, 7) is 3.93. The summed E-state index contributed by atoms with van der Waals surface area (Å²) in [6, 6.07) is 6.62. The Hall–Kier alpha value is -3.09. The molecule has 1 aliphatic heterocycles. The van der Waals surface area contributed by atoms with Crippen LogP contribution in [0.3, 0.4) is 0 Å². The van der Waals surface area contributed by atoms with Crippen molar-refractivity contribution in [2.45, 2.75) is 36.6 Å². The van der Waals surface area contributed by atoms with Gasteiger partial charge in [0.2, 0.25) is 0 Å². The van der Waals surface area contributed by atoms with Crippen molar-refractivity contribution in [2.24, 2.45) is 15.3 Å². The topological polar surface area (TPSA) is 209 Å². The third-order valence-electron chi connectivity index (χ3n) is 5.08. The minimum absolute atomic E-state index is 0.125. The molecule has 0 spiro atoms. The second-order valence-corrected chi connectivity index (χ2v) is 12.6. The Balaban J connectivity index is 1.81. The minimum Gasteiger partial charge on any atom is -0.282 e. The second-order valence-electron chi connectivity index (χ2n) is 7.98. The van der Waals surface area contributed by atoms with E-state index in [9.17, 15) is 34.6 Å². The highest BCUT2D eigenvalue weighted by Crippen LogP contribution is 2.31. The number of nitrogens with zero attached hydrogens (tertiary/aromatic N) is 4. The van der Waals surface area contributed by atoms with Crippen molar-refractivity contribution < 1.29 is 43.3 Å². The van der Waals surface area contributed by atoms with Crippen LogP contribution in [0.1, 0.15) is 18.1 Å². The first-order chi connectivity index (χ1) is 17.0. The van der Waals surface area contributed by atoms with Gasteiger partial charge in [0.15, 0.2) is 15.9 Å². The van der Waals surface area contributed by atoms with E-state index in [0.29, 0.717) is 11.1 Å². The molecule has 0 aliphatic carbocycles. The highest BCUT2D eigenvalue weighted by atomic mass is 32.3. The van der Waals surface area contributed by atoms with E-state index in [1.165, 1.54) is 37.3 Å². The Bertz CT molecular complexity index is 1610. The third kappa shape index (κ3) is 6.82. The molecular weight excluding hydrogens is 552 g/mol. The van der Waals surface area contributed by atoms with Crippen LogP contribution in [0.4, 0.5) is 11.4 Å². The maximum absolute atomic E-state index is 13.0. The Morgan fingerprint density at radius 1 is 1.00 bits per heavy atom. The van der Waals surface area contributed by atoms with Crippen LogP contribution in [-0.4, -0.2) is 64.4 Å². The molecule has 0 saturated carbocycles. The summed E-state index contributed by atoms with van der Waals surface area (Å²) in [5, 5.41) is 13.0. The van der Waals surface area contributed by atoms with Gasteiger partial charge in [0.05, 0.1) is 28.7 Å². The van der Waals surface area contributed by atoms with Crippen LogP contribution < -0.4 is 5.01 Å². The van der Waals surface area contributed by atoms with Crippen LogP contribution in [0.5, 0.6) is 0 Å². The quantitative estimate of drug-likeness (QED) is 0.328. The first-order valence-electron chi connectivity index (χ1n) is 10.3. The lowest BCUT2D eigenvalue weighted by atomic mass is 10.1. The molecule has 1 unspecified atom stereocenters. The summed E-state index contributed by atoms with van der Waals surface area (Å²) >= 11 is 0. The molecule has 1 heterocycles. The van der Waals surface area contributed by atoms with Gasteiger partial charge in [-0.3, -0.25) is 13.9 Å². The highest BCUT2D eigenvalue weighted by molar-refractivity contribution is 7.91. The van der Waals surface area contributed by atoms with Gasteiger partial charge in [0.25, 0.3) is 16.0 Å². The van der Waals surface area contributed by atoms with Crippen LogP contribution in [-0.2, 0) is 39.3 Å². The zero-order valence-corrected chi connectivity index (χ0v) is 22.1. The number of amides is 1. The van der Waals surface area contributed by atoms with Crippen molar-refractivity contribution in [3.63, 3.8) is 0 Å². The van der Waals surface area contributed by atoms with Crippen molar-refractivity contribution >= 4 is 53.3 Å². The van der Waals surface area contributed by atoms with Crippen molar-refractivity contribution in [1.82, 2.24) is 0 Å². The first-order valence-corrected chi connectivity index (χ1v) is 14.8. The number of sulfone groups is 1. The van der Waals surface area contributed by atoms with Gasteiger partial charge >= 0.3 is 10.4 Å². The molecule has 37 heavy (non-hydrogen) atoms. The van der Waals surface area contributed by atoms with E-state index in [4.69, 9.17) is 4.55 Å². The van der Waals surface area contributed by atoms with Crippen LogP contribution in [0.15, 0.2) is 61.5 Å². The Labute approximate surface area is 213 Å². The number of benzene rings is 2. The lowest BCUT2D eigenvalue weighted by Crippen LogP contribution is -2.29. The molecule has 2 N–H and O–H groups in total. The minimum atomic E-state index is -4.78. The van der Waals surface area contributed by atoms with Gasteiger partial charge in [-0.15, -0.1) is 0 Å². The molecule has 200 valence electrons. The molecule has 0 saturated heterocycles. The number of carbonyl (C=O) groups is 1. The van der Waals surface area contributed by atoms with Gasteiger partial charge in [-0.05, 0) is 62.2 Å². The molecule has 0 fully saturated rings. The number of hydrogen-bond acceptors (Lipinski definition) is 11. The monoisotopic (exact) mass is 574 g/mol. The summed E-state index contributed by atoms with van der Waals surface area (Å²) in [4.78, 5) is 12.3. The van der Waals surface area contributed by atoms with Gasteiger partial charge < -0.3 is 0 Å². The molecule has 0 radical (unpaired) electrons. The smallest absolute Gasteiger partial charge is 0.282 e. The van der Waals surface area contributed by atoms with E-state index in [-0.39, 0.29) is 22.0 Å². The molecule has 0 bridgehead atoms. The largest absolute Gasteiger partial charge is 0.397 e. The summed E-state index contributed by atoms with van der Waals surface area (Å²) in [5.41, 5.74) is 1.28. The molecule has 17 heteroatoms. The zero-order chi connectivity index (χ0) is 27.8. The summed E-state index contributed by atoms with van der Waals surface area (Å²) in [6.07, 6.45) is 0. The number of aryl methyl sites for hydroxylation is 2.